The number of primary amides is 1. The fourth-order valence-electron chi connectivity index (χ4n) is 2.91. The maximum Gasteiger partial charge on any atom is 0.250 e. The molecule has 0 bridgehead atoms. The summed E-state index contributed by atoms with van der Waals surface area (Å²) in [5.41, 5.74) is 10.3. The van der Waals surface area contributed by atoms with E-state index < -0.39 is 5.91 Å². The van der Waals surface area contributed by atoms with E-state index in [2.05, 4.69) is 20.1 Å². The van der Waals surface area contributed by atoms with E-state index in [4.69, 9.17) is 5.73 Å². The molecule has 0 aromatic carbocycles. The highest BCUT2D eigenvalue weighted by Crippen LogP contribution is 2.35. The van der Waals surface area contributed by atoms with E-state index in [1.54, 1.807) is 29.3 Å². The lowest BCUT2D eigenvalue weighted by Crippen LogP contribution is -2.11. The lowest BCUT2D eigenvalue weighted by molar-refractivity contribution is 0.1000. The Labute approximate surface area is 155 Å². The Morgan fingerprint density at radius 3 is 2.59 bits per heavy atom. The zero-order chi connectivity index (χ0) is 18.8. The van der Waals surface area contributed by atoms with Crippen molar-refractivity contribution in [2.75, 3.05) is 0 Å². The molecule has 0 fully saturated rings. The molecule has 4 heterocycles. The van der Waals surface area contributed by atoms with Crippen molar-refractivity contribution >= 4 is 5.91 Å². The van der Waals surface area contributed by atoms with Crippen molar-refractivity contribution in [3.05, 3.63) is 72.9 Å². The number of hydrogen-bond acceptors (Lipinski definition) is 5. The molecule has 0 aliphatic rings. The molecule has 0 saturated carbocycles. The zero-order valence-corrected chi connectivity index (χ0v) is 14.6. The average Bonchev–Trinajstić information content (AvgIpc) is 3.10. The normalized spacial score (nSPS) is 10.7. The second-order valence-corrected chi connectivity index (χ2v) is 6.01. The highest BCUT2D eigenvalue weighted by molar-refractivity contribution is 5.96. The highest BCUT2D eigenvalue weighted by atomic mass is 16.1. The molecule has 0 saturated heterocycles. The van der Waals surface area contributed by atoms with Crippen LogP contribution in [0.2, 0.25) is 0 Å². The maximum atomic E-state index is 11.7. The third-order valence-corrected chi connectivity index (χ3v) is 4.14. The summed E-state index contributed by atoms with van der Waals surface area (Å²) < 4.78 is 1.72. The van der Waals surface area contributed by atoms with Gasteiger partial charge in [0, 0.05) is 54.7 Å². The van der Waals surface area contributed by atoms with Gasteiger partial charge in [-0.3, -0.25) is 24.4 Å². The molecule has 4 rings (SSSR count). The third-order valence-electron chi connectivity index (χ3n) is 4.14. The molecule has 4 aromatic rings. The zero-order valence-electron chi connectivity index (χ0n) is 14.6. The molecular formula is C20H16N6O. The van der Waals surface area contributed by atoms with Crippen molar-refractivity contribution < 1.29 is 4.79 Å². The largest absolute Gasteiger partial charge is 0.366 e. The van der Waals surface area contributed by atoms with E-state index >= 15 is 0 Å². The number of aromatic nitrogens is 5. The van der Waals surface area contributed by atoms with Crippen LogP contribution < -0.4 is 5.73 Å². The quantitative estimate of drug-likeness (QED) is 0.606. The van der Waals surface area contributed by atoms with Crippen LogP contribution in [-0.4, -0.2) is 30.6 Å². The molecule has 0 atom stereocenters. The Morgan fingerprint density at radius 2 is 1.89 bits per heavy atom. The van der Waals surface area contributed by atoms with Gasteiger partial charge in [-0.05, 0) is 24.3 Å². The van der Waals surface area contributed by atoms with Crippen LogP contribution in [0.5, 0.6) is 0 Å². The molecular weight excluding hydrogens is 340 g/mol. The first-order chi connectivity index (χ1) is 13.1. The molecule has 0 spiro atoms. The van der Waals surface area contributed by atoms with Gasteiger partial charge in [0.25, 0.3) is 0 Å². The van der Waals surface area contributed by atoms with Gasteiger partial charge < -0.3 is 5.73 Å². The molecule has 7 nitrogen and oxygen atoms in total. The molecule has 1 amide bonds. The Hall–Kier alpha value is -3.87. The first kappa shape index (κ1) is 16.6. The molecule has 2 N–H and O–H groups in total. The second-order valence-electron chi connectivity index (χ2n) is 6.01. The Kier molecular flexibility index (Phi) is 4.18. The molecule has 7 heteroatoms. The monoisotopic (exact) mass is 356 g/mol. The van der Waals surface area contributed by atoms with Crippen molar-refractivity contribution in [3.63, 3.8) is 0 Å². The number of nitrogens with zero attached hydrogens (tertiary/aromatic N) is 5. The lowest BCUT2D eigenvalue weighted by atomic mass is 9.98. The van der Waals surface area contributed by atoms with Gasteiger partial charge in [-0.15, -0.1) is 0 Å². The van der Waals surface area contributed by atoms with Gasteiger partial charge in [-0.1, -0.05) is 12.1 Å². The lowest BCUT2D eigenvalue weighted by Gasteiger charge is -2.10. The summed E-state index contributed by atoms with van der Waals surface area (Å²) in [6.45, 7) is 0. The first-order valence-electron chi connectivity index (χ1n) is 8.29. The molecule has 0 unspecified atom stereocenters. The van der Waals surface area contributed by atoms with Gasteiger partial charge in [0.15, 0.2) is 0 Å². The highest BCUT2D eigenvalue weighted by Gasteiger charge is 2.19. The number of hydrogen-bond donors (Lipinski definition) is 1. The predicted octanol–water partition coefficient (Wildman–Crippen LogP) is 2.71. The van der Waals surface area contributed by atoms with E-state index in [1.807, 2.05) is 43.6 Å². The Balaban J connectivity index is 1.97. The molecule has 27 heavy (non-hydrogen) atoms. The standard InChI is InChI=1S/C20H16N6O/c1-26-12-16(19(25-26)17-6-2-3-8-23-17)18-15(13-5-4-7-22-10-13)9-14(11-24-18)20(21)27/h2-12H,1H3,(H2,21,27). The smallest absolute Gasteiger partial charge is 0.250 e. The van der Waals surface area contributed by atoms with Crippen LogP contribution in [0.4, 0.5) is 0 Å². The Bertz CT molecular complexity index is 1110. The first-order valence-corrected chi connectivity index (χ1v) is 8.29. The number of carbonyl (C=O) groups excluding carboxylic acids is 1. The van der Waals surface area contributed by atoms with Crippen LogP contribution in [0.15, 0.2) is 67.4 Å². The van der Waals surface area contributed by atoms with Gasteiger partial charge in [-0.2, -0.15) is 5.10 Å². The van der Waals surface area contributed by atoms with Gasteiger partial charge in [-0.25, -0.2) is 0 Å². The van der Waals surface area contributed by atoms with Crippen molar-refractivity contribution in [3.8, 4) is 33.8 Å². The van der Waals surface area contributed by atoms with Crippen LogP contribution in [0.1, 0.15) is 10.4 Å². The van der Waals surface area contributed by atoms with Crippen LogP contribution in [0.3, 0.4) is 0 Å². The van der Waals surface area contributed by atoms with E-state index in [-0.39, 0.29) is 0 Å². The number of carbonyl (C=O) groups is 1. The summed E-state index contributed by atoms with van der Waals surface area (Å²) in [5, 5.41) is 4.56. The van der Waals surface area contributed by atoms with Gasteiger partial charge in [0.05, 0.1) is 17.0 Å². The molecule has 0 aliphatic heterocycles. The number of nitrogens with two attached hydrogens (primary N) is 1. The second kappa shape index (κ2) is 6.80. The Morgan fingerprint density at radius 1 is 1.00 bits per heavy atom. The van der Waals surface area contributed by atoms with E-state index in [1.165, 1.54) is 6.20 Å². The molecule has 4 aromatic heterocycles. The predicted molar refractivity (Wildman–Crippen MR) is 101 cm³/mol. The van der Waals surface area contributed by atoms with Gasteiger partial charge >= 0.3 is 0 Å². The van der Waals surface area contributed by atoms with E-state index in [0.717, 1.165) is 22.4 Å². The van der Waals surface area contributed by atoms with Gasteiger partial charge in [0.2, 0.25) is 5.91 Å². The van der Waals surface area contributed by atoms with Crippen molar-refractivity contribution in [2.45, 2.75) is 0 Å². The fourth-order valence-corrected chi connectivity index (χ4v) is 2.91. The summed E-state index contributed by atoms with van der Waals surface area (Å²) >= 11 is 0. The third kappa shape index (κ3) is 3.18. The number of aryl methyl sites for hydroxylation is 1. The summed E-state index contributed by atoms with van der Waals surface area (Å²) in [6, 6.07) is 11.1. The summed E-state index contributed by atoms with van der Waals surface area (Å²) in [4.78, 5) is 24.8. The summed E-state index contributed by atoms with van der Waals surface area (Å²) in [5.74, 6) is -0.532. The number of amides is 1. The summed E-state index contributed by atoms with van der Waals surface area (Å²) in [7, 11) is 1.84. The summed E-state index contributed by atoms with van der Waals surface area (Å²) in [6.07, 6.45) is 8.50. The molecule has 132 valence electrons. The number of pyridine rings is 3. The minimum atomic E-state index is -0.532. The van der Waals surface area contributed by atoms with Crippen LogP contribution in [0.25, 0.3) is 33.8 Å². The number of rotatable bonds is 4. The van der Waals surface area contributed by atoms with Crippen molar-refractivity contribution in [2.24, 2.45) is 12.8 Å². The topological polar surface area (TPSA) is 99.6 Å². The van der Waals surface area contributed by atoms with Crippen LogP contribution >= 0.6 is 0 Å². The van der Waals surface area contributed by atoms with E-state index in [9.17, 15) is 4.79 Å². The van der Waals surface area contributed by atoms with Crippen LogP contribution in [-0.2, 0) is 7.05 Å². The van der Waals surface area contributed by atoms with Gasteiger partial charge in [0.1, 0.15) is 5.69 Å². The van der Waals surface area contributed by atoms with E-state index in [0.29, 0.717) is 17.0 Å². The fraction of sp³-hybridized carbons (Fsp3) is 0.0500. The minimum Gasteiger partial charge on any atom is -0.366 e. The van der Waals surface area contributed by atoms with Crippen molar-refractivity contribution in [1.82, 2.24) is 24.7 Å². The molecule has 0 radical (unpaired) electrons. The average molecular weight is 356 g/mol. The van der Waals surface area contributed by atoms with Crippen molar-refractivity contribution in [1.29, 1.82) is 0 Å². The SMILES string of the molecule is Cn1cc(-c2ncc(C(N)=O)cc2-c2cccnc2)c(-c2ccccn2)n1. The van der Waals surface area contributed by atoms with Crippen LogP contribution in [0, 0.1) is 0 Å². The maximum absolute atomic E-state index is 11.7. The molecule has 0 aliphatic carbocycles. The minimum absolute atomic E-state index is 0.334.